The van der Waals surface area contributed by atoms with Gasteiger partial charge in [0.25, 0.3) is 10.0 Å². The first-order chi connectivity index (χ1) is 13.7. The second kappa shape index (κ2) is 8.38. The highest BCUT2D eigenvalue weighted by molar-refractivity contribution is 9.10. The summed E-state index contributed by atoms with van der Waals surface area (Å²) in [5.74, 6) is -0.219. The van der Waals surface area contributed by atoms with Crippen LogP contribution in [-0.2, 0) is 21.4 Å². The number of amides is 1. The van der Waals surface area contributed by atoms with E-state index in [1.165, 1.54) is 19.1 Å². The number of sulfonamides is 1. The number of benzene rings is 2. The van der Waals surface area contributed by atoms with Crippen LogP contribution in [0.5, 0.6) is 0 Å². The van der Waals surface area contributed by atoms with Crippen LogP contribution in [0, 0.1) is 13.8 Å². The van der Waals surface area contributed by atoms with Crippen LogP contribution in [0.3, 0.4) is 0 Å². The minimum Gasteiger partial charge on any atom is -0.326 e. The molecule has 0 aliphatic rings. The fraction of sp³-hybridized carbons (Fsp3) is 0.200. The van der Waals surface area contributed by atoms with Crippen LogP contribution in [-0.4, -0.2) is 24.1 Å². The Morgan fingerprint density at radius 3 is 2.28 bits per heavy atom. The van der Waals surface area contributed by atoms with Crippen molar-refractivity contribution in [2.24, 2.45) is 0 Å². The molecule has 9 heteroatoms. The monoisotopic (exact) mass is 476 g/mol. The molecular formula is C20H21BrN4O3S. The predicted octanol–water partition coefficient (Wildman–Crippen LogP) is 4.07. The maximum absolute atomic E-state index is 12.8. The van der Waals surface area contributed by atoms with Crippen LogP contribution >= 0.6 is 15.9 Å². The third-order valence-corrected chi connectivity index (χ3v) is 6.24. The molecule has 2 N–H and O–H groups in total. The summed E-state index contributed by atoms with van der Waals surface area (Å²) in [6.45, 7) is 5.52. The molecule has 0 saturated heterocycles. The molecule has 0 fully saturated rings. The quantitative estimate of drug-likeness (QED) is 0.560. The molecule has 0 radical (unpaired) electrons. The van der Waals surface area contributed by atoms with E-state index in [4.69, 9.17) is 0 Å². The Morgan fingerprint density at radius 1 is 1.07 bits per heavy atom. The minimum absolute atomic E-state index is 0.103. The van der Waals surface area contributed by atoms with E-state index in [9.17, 15) is 13.2 Å². The molecular weight excluding hydrogens is 456 g/mol. The van der Waals surface area contributed by atoms with Crippen LogP contribution in [0.25, 0.3) is 0 Å². The summed E-state index contributed by atoms with van der Waals surface area (Å²) >= 11 is 3.41. The first-order valence-corrected chi connectivity index (χ1v) is 11.1. The number of anilines is 2. The molecule has 1 aromatic heterocycles. The van der Waals surface area contributed by atoms with Crippen LogP contribution in [0.1, 0.15) is 23.9 Å². The van der Waals surface area contributed by atoms with Gasteiger partial charge in [-0.3, -0.25) is 14.2 Å². The summed E-state index contributed by atoms with van der Waals surface area (Å²) < 4.78 is 31.0. The van der Waals surface area contributed by atoms with Crippen molar-refractivity contribution in [3.63, 3.8) is 0 Å². The van der Waals surface area contributed by atoms with Gasteiger partial charge in [0.1, 0.15) is 0 Å². The molecule has 0 unspecified atom stereocenters. The lowest BCUT2D eigenvalue weighted by Crippen LogP contribution is -2.14. The molecule has 0 aliphatic heterocycles. The lowest BCUT2D eigenvalue weighted by atomic mass is 10.2. The van der Waals surface area contributed by atoms with Gasteiger partial charge in [0.05, 0.1) is 28.5 Å². The Hall–Kier alpha value is -2.65. The number of nitrogens with one attached hydrogen (secondary N) is 2. The van der Waals surface area contributed by atoms with Crippen molar-refractivity contribution in [2.75, 3.05) is 10.0 Å². The van der Waals surface area contributed by atoms with Crippen LogP contribution in [0.15, 0.2) is 57.9 Å². The van der Waals surface area contributed by atoms with Gasteiger partial charge in [-0.2, -0.15) is 5.10 Å². The zero-order valence-electron chi connectivity index (χ0n) is 16.2. The van der Waals surface area contributed by atoms with Crippen molar-refractivity contribution >= 4 is 43.2 Å². The summed E-state index contributed by atoms with van der Waals surface area (Å²) in [5, 5.41) is 7.09. The summed E-state index contributed by atoms with van der Waals surface area (Å²) in [5.41, 5.74) is 3.38. The van der Waals surface area contributed by atoms with Crippen molar-refractivity contribution in [1.29, 1.82) is 0 Å². The average molecular weight is 477 g/mol. The van der Waals surface area contributed by atoms with E-state index in [1.54, 1.807) is 23.7 Å². The lowest BCUT2D eigenvalue weighted by molar-refractivity contribution is -0.114. The third kappa shape index (κ3) is 5.04. The fourth-order valence-corrected chi connectivity index (χ4v) is 4.32. The minimum atomic E-state index is -3.79. The highest BCUT2D eigenvalue weighted by Gasteiger charge is 2.20. The number of carbonyl (C=O) groups excluding carboxylic acids is 1. The number of nitrogens with zero attached hydrogens (tertiary/aromatic N) is 2. The average Bonchev–Trinajstić information content (AvgIpc) is 2.91. The zero-order chi connectivity index (χ0) is 21.2. The molecule has 2 aromatic carbocycles. The maximum atomic E-state index is 12.8. The molecule has 0 atom stereocenters. The largest absolute Gasteiger partial charge is 0.326 e. The number of hydrogen-bond donors (Lipinski definition) is 2. The Bertz CT molecular complexity index is 1140. The predicted molar refractivity (Wildman–Crippen MR) is 116 cm³/mol. The van der Waals surface area contributed by atoms with E-state index in [-0.39, 0.29) is 10.8 Å². The molecule has 3 rings (SSSR count). The van der Waals surface area contributed by atoms with E-state index in [0.717, 1.165) is 15.7 Å². The molecule has 0 bridgehead atoms. The second-order valence-corrected chi connectivity index (χ2v) is 9.24. The molecule has 1 amide bonds. The Kier molecular flexibility index (Phi) is 6.09. The zero-order valence-corrected chi connectivity index (χ0v) is 18.6. The molecule has 1 heterocycles. The van der Waals surface area contributed by atoms with Crippen LogP contribution in [0.4, 0.5) is 11.4 Å². The Morgan fingerprint density at radius 2 is 1.69 bits per heavy atom. The van der Waals surface area contributed by atoms with Gasteiger partial charge in [-0.1, -0.05) is 28.1 Å². The second-order valence-electron chi connectivity index (χ2n) is 6.64. The van der Waals surface area contributed by atoms with Gasteiger partial charge in [0.15, 0.2) is 0 Å². The van der Waals surface area contributed by atoms with E-state index >= 15 is 0 Å². The Labute approximate surface area is 178 Å². The summed E-state index contributed by atoms with van der Waals surface area (Å²) in [6, 6.07) is 13.9. The van der Waals surface area contributed by atoms with Gasteiger partial charge >= 0.3 is 0 Å². The first kappa shape index (κ1) is 21.1. The van der Waals surface area contributed by atoms with Gasteiger partial charge in [0.2, 0.25) is 5.91 Å². The van der Waals surface area contributed by atoms with Crippen molar-refractivity contribution < 1.29 is 13.2 Å². The number of aryl methyl sites for hydroxylation is 1. The highest BCUT2D eigenvalue weighted by atomic mass is 79.9. The topological polar surface area (TPSA) is 93.1 Å². The SMILES string of the molecule is CC(=O)Nc1ccc(S(=O)(=O)Nc2c(C)nn(Cc3ccc(Br)cc3)c2C)cc1. The molecule has 0 aliphatic carbocycles. The van der Waals surface area contributed by atoms with Crippen molar-refractivity contribution in [3.05, 3.63) is 70.0 Å². The standard InChI is InChI=1S/C20H21BrN4O3S/c1-13-20(14(2)25(23-13)12-16-4-6-17(21)7-5-16)24-29(27,28)19-10-8-18(9-11-19)22-15(3)26/h4-11,24H,12H2,1-3H3,(H,22,26). The number of rotatable bonds is 6. The first-order valence-electron chi connectivity index (χ1n) is 8.84. The third-order valence-electron chi connectivity index (χ3n) is 4.35. The van der Waals surface area contributed by atoms with Gasteiger partial charge in [-0.25, -0.2) is 8.42 Å². The van der Waals surface area contributed by atoms with Crippen LogP contribution < -0.4 is 10.0 Å². The smallest absolute Gasteiger partial charge is 0.262 e. The summed E-state index contributed by atoms with van der Waals surface area (Å²) in [6.07, 6.45) is 0. The van der Waals surface area contributed by atoms with Gasteiger partial charge in [-0.15, -0.1) is 0 Å². The van der Waals surface area contributed by atoms with E-state index in [1.807, 2.05) is 31.2 Å². The van der Waals surface area contributed by atoms with E-state index in [2.05, 4.69) is 31.1 Å². The summed E-state index contributed by atoms with van der Waals surface area (Å²) in [7, 11) is -3.79. The fourth-order valence-electron chi connectivity index (χ4n) is 2.88. The Balaban J connectivity index is 1.82. The molecule has 7 nitrogen and oxygen atoms in total. The number of aromatic nitrogens is 2. The highest BCUT2D eigenvalue weighted by Crippen LogP contribution is 2.25. The van der Waals surface area contributed by atoms with E-state index < -0.39 is 10.0 Å². The molecule has 3 aromatic rings. The lowest BCUT2D eigenvalue weighted by Gasteiger charge is -2.10. The molecule has 152 valence electrons. The van der Waals surface area contributed by atoms with Gasteiger partial charge in [-0.05, 0) is 55.8 Å². The van der Waals surface area contributed by atoms with Crippen LogP contribution in [0.2, 0.25) is 0 Å². The molecule has 29 heavy (non-hydrogen) atoms. The van der Waals surface area contributed by atoms with Crippen molar-refractivity contribution in [2.45, 2.75) is 32.2 Å². The van der Waals surface area contributed by atoms with Gasteiger partial charge in [0, 0.05) is 17.1 Å². The van der Waals surface area contributed by atoms with E-state index in [0.29, 0.717) is 23.6 Å². The summed E-state index contributed by atoms with van der Waals surface area (Å²) in [4.78, 5) is 11.2. The normalized spacial score (nSPS) is 11.3. The maximum Gasteiger partial charge on any atom is 0.262 e. The molecule has 0 spiro atoms. The van der Waals surface area contributed by atoms with Crippen molar-refractivity contribution in [3.8, 4) is 0 Å². The number of carbonyl (C=O) groups is 1. The van der Waals surface area contributed by atoms with Gasteiger partial charge < -0.3 is 5.32 Å². The van der Waals surface area contributed by atoms with Crippen molar-refractivity contribution in [1.82, 2.24) is 9.78 Å². The number of hydrogen-bond acceptors (Lipinski definition) is 4. The number of halogens is 1. The molecule has 0 saturated carbocycles.